The third-order valence-electron chi connectivity index (χ3n) is 4.71. The van der Waals surface area contributed by atoms with Gasteiger partial charge in [0, 0.05) is 37.9 Å². The maximum Gasteiger partial charge on any atom is 0.229 e. The van der Waals surface area contributed by atoms with Gasteiger partial charge >= 0.3 is 0 Å². The van der Waals surface area contributed by atoms with Crippen LogP contribution >= 0.6 is 24.8 Å². The molecule has 10 heteroatoms. The van der Waals surface area contributed by atoms with E-state index in [0.29, 0.717) is 13.1 Å². The number of benzene rings is 1. The summed E-state index contributed by atoms with van der Waals surface area (Å²) >= 11 is 0. The molecule has 1 fully saturated rings. The zero-order chi connectivity index (χ0) is 17.9. The number of aromatic nitrogens is 5. The maximum absolute atomic E-state index is 12.8. The van der Waals surface area contributed by atoms with Crippen LogP contribution in [-0.2, 0) is 18.4 Å². The molecule has 3 heterocycles. The second kappa shape index (κ2) is 9.68. The first kappa shape index (κ1) is 21.9. The molecule has 0 bridgehead atoms. The summed E-state index contributed by atoms with van der Waals surface area (Å²) in [6, 6.07) is 7.82. The average Bonchev–Trinajstić information content (AvgIpc) is 3.36. The summed E-state index contributed by atoms with van der Waals surface area (Å²) in [7, 11) is 1.89. The Morgan fingerprint density at radius 3 is 2.86 bits per heavy atom. The van der Waals surface area contributed by atoms with Crippen molar-refractivity contribution in [3.63, 3.8) is 0 Å². The number of hydrogen-bond acceptors (Lipinski definition) is 5. The van der Waals surface area contributed by atoms with Crippen molar-refractivity contribution in [3.05, 3.63) is 60.4 Å². The lowest BCUT2D eigenvalue weighted by molar-refractivity contribution is -0.119. The standard InChI is InChI=1S/C18H21N7O.2ClH/c1-24-10-14(6-21-24)16-7-19-8-17(16)18(26)23-15-4-2-3-13(5-15)9-25-12-20-11-22-25;;/h2-6,10-12,16-17,19H,7-9H2,1H3,(H,23,26);2*1H/t16-,17+;;/m1../s1. The molecule has 2 aromatic heterocycles. The normalized spacial score (nSPS) is 18.2. The summed E-state index contributed by atoms with van der Waals surface area (Å²) < 4.78 is 3.52. The summed E-state index contributed by atoms with van der Waals surface area (Å²) in [4.78, 5) is 16.8. The molecular formula is C18H23Cl2N7O. The molecule has 4 rings (SSSR count). The monoisotopic (exact) mass is 423 g/mol. The van der Waals surface area contributed by atoms with E-state index in [0.717, 1.165) is 23.4 Å². The van der Waals surface area contributed by atoms with E-state index in [1.807, 2.05) is 43.7 Å². The average molecular weight is 424 g/mol. The van der Waals surface area contributed by atoms with Crippen LogP contribution in [0.3, 0.4) is 0 Å². The molecule has 0 aliphatic carbocycles. The molecule has 0 radical (unpaired) electrons. The molecule has 1 aliphatic rings. The van der Waals surface area contributed by atoms with Gasteiger partial charge in [-0.2, -0.15) is 10.2 Å². The summed E-state index contributed by atoms with van der Waals surface area (Å²) in [5, 5.41) is 14.7. The Bertz CT molecular complexity index is 897. The number of halogens is 2. The fourth-order valence-electron chi connectivity index (χ4n) is 3.42. The van der Waals surface area contributed by atoms with Crippen molar-refractivity contribution in [2.75, 3.05) is 18.4 Å². The summed E-state index contributed by atoms with van der Waals surface area (Å²) in [5.74, 6) is 0.0574. The highest BCUT2D eigenvalue weighted by molar-refractivity contribution is 5.93. The zero-order valence-electron chi connectivity index (χ0n) is 15.4. The van der Waals surface area contributed by atoms with E-state index in [1.54, 1.807) is 15.7 Å². The molecule has 8 nitrogen and oxygen atoms in total. The summed E-state index contributed by atoms with van der Waals surface area (Å²) in [6.07, 6.45) is 7.01. The minimum absolute atomic E-state index is 0. The van der Waals surface area contributed by atoms with Gasteiger partial charge in [-0.15, -0.1) is 24.8 Å². The van der Waals surface area contributed by atoms with Crippen LogP contribution in [0.4, 0.5) is 5.69 Å². The van der Waals surface area contributed by atoms with Crippen LogP contribution in [0.25, 0.3) is 0 Å². The lowest BCUT2D eigenvalue weighted by atomic mass is 9.90. The minimum Gasteiger partial charge on any atom is -0.326 e. The topological polar surface area (TPSA) is 89.7 Å². The predicted octanol–water partition coefficient (Wildman–Crippen LogP) is 1.85. The highest BCUT2D eigenvalue weighted by atomic mass is 35.5. The highest BCUT2D eigenvalue weighted by Crippen LogP contribution is 2.29. The van der Waals surface area contributed by atoms with Gasteiger partial charge in [0.15, 0.2) is 0 Å². The van der Waals surface area contributed by atoms with Crippen LogP contribution in [-0.4, -0.2) is 43.5 Å². The number of amides is 1. The van der Waals surface area contributed by atoms with Crippen LogP contribution in [0, 0.1) is 5.92 Å². The molecule has 0 saturated carbocycles. The molecule has 150 valence electrons. The van der Waals surface area contributed by atoms with Gasteiger partial charge < -0.3 is 10.6 Å². The van der Waals surface area contributed by atoms with Crippen LogP contribution in [0.5, 0.6) is 0 Å². The molecule has 3 aromatic rings. The Labute approximate surface area is 175 Å². The SMILES string of the molecule is Cl.Cl.Cn1cc([C@H]2CNC[C@@H]2C(=O)Nc2cccc(Cn3cncn3)c2)cn1. The van der Waals surface area contributed by atoms with Crippen LogP contribution in [0.1, 0.15) is 17.0 Å². The van der Waals surface area contributed by atoms with Gasteiger partial charge in [-0.05, 0) is 23.3 Å². The van der Waals surface area contributed by atoms with E-state index in [1.165, 1.54) is 6.33 Å². The molecule has 1 saturated heterocycles. The molecule has 2 N–H and O–H groups in total. The van der Waals surface area contributed by atoms with Crippen molar-refractivity contribution in [1.29, 1.82) is 0 Å². The Balaban J connectivity index is 0.00000140. The Morgan fingerprint density at radius 1 is 1.29 bits per heavy atom. The number of nitrogens with one attached hydrogen (secondary N) is 2. The fourth-order valence-corrected chi connectivity index (χ4v) is 3.42. The third kappa shape index (κ3) is 4.89. The first-order valence-electron chi connectivity index (χ1n) is 8.60. The van der Waals surface area contributed by atoms with Crippen molar-refractivity contribution < 1.29 is 4.79 Å². The number of carbonyl (C=O) groups is 1. The lowest BCUT2D eigenvalue weighted by Crippen LogP contribution is -2.28. The molecule has 28 heavy (non-hydrogen) atoms. The molecule has 1 aromatic carbocycles. The Kier molecular flexibility index (Phi) is 7.56. The van der Waals surface area contributed by atoms with Gasteiger partial charge in [-0.1, -0.05) is 12.1 Å². The lowest BCUT2D eigenvalue weighted by Gasteiger charge is -2.17. The molecule has 1 amide bonds. The van der Waals surface area contributed by atoms with E-state index >= 15 is 0 Å². The molecule has 1 aliphatic heterocycles. The van der Waals surface area contributed by atoms with Crippen molar-refractivity contribution in [2.24, 2.45) is 13.0 Å². The maximum atomic E-state index is 12.8. The third-order valence-corrected chi connectivity index (χ3v) is 4.71. The first-order valence-corrected chi connectivity index (χ1v) is 8.60. The van der Waals surface area contributed by atoms with E-state index in [-0.39, 0.29) is 42.6 Å². The number of hydrogen-bond donors (Lipinski definition) is 2. The second-order valence-electron chi connectivity index (χ2n) is 6.60. The summed E-state index contributed by atoms with van der Waals surface area (Å²) in [6.45, 7) is 2.08. The van der Waals surface area contributed by atoms with Gasteiger partial charge in [0.1, 0.15) is 12.7 Å². The van der Waals surface area contributed by atoms with E-state index in [4.69, 9.17) is 0 Å². The van der Waals surface area contributed by atoms with Crippen molar-refractivity contribution in [2.45, 2.75) is 12.5 Å². The zero-order valence-corrected chi connectivity index (χ0v) is 17.0. The van der Waals surface area contributed by atoms with E-state index < -0.39 is 0 Å². The van der Waals surface area contributed by atoms with E-state index in [2.05, 4.69) is 25.8 Å². The van der Waals surface area contributed by atoms with Gasteiger partial charge in [-0.25, -0.2) is 9.67 Å². The number of rotatable bonds is 5. The molecular weight excluding hydrogens is 401 g/mol. The number of anilines is 1. The predicted molar refractivity (Wildman–Crippen MR) is 111 cm³/mol. The summed E-state index contributed by atoms with van der Waals surface area (Å²) in [5.41, 5.74) is 2.95. The van der Waals surface area contributed by atoms with Gasteiger partial charge in [0.2, 0.25) is 5.91 Å². The van der Waals surface area contributed by atoms with Gasteiger partial charge in [0.25, 0.3) is 0 Å². The van der Waals surface area contributed by atoms with Crippen LogP contribution in [0.15, 0.2) is 49.3 Å². The van der Waals surface area contributed by atoms with Crippen molar-refractivity contribution in [1.82, 2.24) is 29.9 Å². The van der Waals surface area contributed by atoms with Crippen molar-refractivity contribution >= 4 is 36.4 Å². The Hall–Kier alpha value is -2.42. The second-order valence-corrected chi connectivity index (χ2v) is 6.60. The van der Waals surface area contributed by atoms with Gasteiger partial charge in [0.05, 0.1) is 18.7 Å². The Morgan fingerprint density at radius 2 is 2.14 bits per heavy atom. The van der Waals surface area contributed by atoms with E-state index in [9.17, 15) is 4.79 Å². The van der Waals surface area contributed by atoms with Crippen molar-refractivity contribution in [3.8, 4) is 0 Å². The quantitative estimate of drug-likeness (QED) is 0.653. The molecule has 2 atom stereocenters. The minimum atomic E-state index is -0.113. The highest BCUT2D eigenvalue weighted by Gasteiger charge is 2.34. The van der Waals surface area contributed by atoms with Crippen LogP contribution < -0.4 is 10.6 Å². The largest absolute Gasteiger partial charge is 0.326 e. The molecule has 0 spiro atoms. The molecule has 0 unspecified atom stereocenters. The fraction of sp³-hybridized carbons (Fsp3) is 0.333. The first-order chi connectivity index (χ1) is 12.7. The number of nitrogens with zero attached hydrogens (tertiary/aromatic N) is 5. The van der Waals surface area contributed by atoms with Crippen LogP contribution in [0.2, 0.25) is 0 Å². The van der Waals surface area contributed by atoms with Gasteiger partial charge in [-0.3, -0.25) is 9.48 Å². The number of carbonyl (C=O) groups excluding carboxylic acids is 1. The number of aryl methyl sites for hydroxylation is 1. The smallest absolute Gasteiger partial charge is 0.229 e.